The molecular formula is C14H22N2O. The van der Waals surface area contributed by atoms with Gasteiger partial charge in [-0.2, -0.15) is 0 Å². The third-order valence-electron chi connectivity index (χ3n) is 2.64. The van der Waals surface area contributed by atoms with Crippen LogP contribution in [0.3, 0.4) is 0 Å². The molecule has 17 heavy (non-hydrogen) atoms. The van der Waals surface area contributed by atoms with Gasteiger partial charge < -0.3 is 10.6 Å². The lowest BCUT2D eigenvalue weighted by molar-refractivity contribution is 0.0937. The first-order valence-corrected chi connectivity index (χ1v) is 6.12. The summed E-state index contributed by atoms with van der Waals surface area (Å²) in [6.07, 6.45) is 0.994. The topological polar surface area (TPSA) is 41.1 Å². The van der Waals surface area contributed by atoms with Crippen molar-refractivity contribution in [2.45, 2.75) is 33.2 Å². The Labute approximate surface area is 104 Å². The highest BCUT2D eigenvalue weighted by Gasteiger charge is 2.13. The van der Waals surface area contributed by atoms with Crippen LogP contribution in [0.2, 0.25) is 0 Å². The summed E-state index contributed by atoms with van der Waals surface area (Å²) in [6, 6.07) is 7.74. The van der Waals surface area contributed by atoms with Gasteiger partial charge in [-0.15, -0.1) is 0 Å². The van der Waals surface area contributed by atoms with Crippen molar-refractivity contribution in [2.24, 2.45) is 5.92 Å². The predicted molar refractivity (Wildman–Crippen MR) is 72.4 cm³/mol. The van der Waals surface area contributed by atoms with Crippen LogP contribution in [-0.2, 0) is 0 Å². The summed E-state index contributed by atoms with van der Waals surface area (Å²) >= 11 is 0. The Bertz CT molecular complexity index is 374. The number of anilines is 1. The van der Waals surface area contributed by atoms with Crippen molar-refractivity contribution in [3.05, 3.63) is 29.8 Å². The van der Waals surface area contributed by atoms with Crippen LogP contribution in [0.1, 0.15) is 37.6 Å². The highest BCUT2D eigenvalue weighted by atomic mass is 16.1. The molecule has 3 nitrogen and oxygen atoms in total. The maximum absolute atomic E-state index is 12.1. The Kier molecular flexibility index (Phi) is 5.01. The first-order chi connectivity index (χ1) is 8.04. The van der Waals surface area contributed by atoms with Crippen molar-refractivity contribution < 1.29 is 4.79 Å². The fourth-order valence-corrected chi connectivity index (χ4v) is 1.97. The number of para-hydroxylation sites is 1. The monoisotopic (exact) mass is 234 g/mol. The maximum Gasteiger partial charge on any atom is 0.253 e. The molecule has 94 valence electrons. The van der Waals surface area contributed by atoms with E-state index in [1.54, 1.807) is 0 Å². The minimum atomic E-state index is -0.0110. The van der Waals surface area contributed by atoms with Crippen LogP contribution < -0.4 is 10.6 Å². The summed E-state index contributed by atoms with van der Waals surface area (Å²) in [5, 5.41) is 6.05. The molecule has 3 heteroatoms. The van der Waals surface area contributed by atoms with E-state index in [9.17, 15) is 4.79 Å². The van der Waals surface area contributed by atoms with E-state index in [-0.39, 0.29) is 11.9 Å². The van der Waals surface area contributed by atoms with Crippen molar-refractivity contribution in [3.8, 4) is 0 Å². The first-order valence-electron chi connectivity index (χ1n) is 6.12. The molecule has 0 bridgehead atoms. The molecule has 1 aromatic rings. The number of hydrogen-bond donors (Lipinski definition) is 2. The Morgan fingerprint density at radius 1 is 1.24 bits per heavy atom. The maximum atomic E-state index is 12.1. The molecule has 0 fully saturated rings. The van der Waals surface area contributed by atoms with Crippen LogP contribution in [0, 0.1) is 5.92 Å². The molecule has 1 rings (SSSR count). The molecule has 0 aromatic heterocycles. The average molecular weight is 234 g/mol. The summed E-state index contributed by atoms with van der Waals surface area (Å²) in [6.45, 7) is 6.36. The SMILES string of the molecule is CNc1ccccc1C(=O)NC(C)CC(C)C. The van der Waals surface area contributed by atoms with E-state index in [0.29, 0.717) is 11.5 Å². The molecule has 0 aliphatic heterocycles. The van der Waals surface area contributed by atoms with Gasteiger partial charge in [0.15, 0.2) is 0 Å². The van der Waals surface area contributed by atoms with Crippen LogP contribution >= 0.6 is 0 Å². The summed E-state index contributed by atoms with van der Waals surface area (Å²) in [4.78, 5) is 12.1. The Balaban J connectivity index is 2.69. The first kappa shape index (κ1) is 13.6. The fraction of sp³-hybridized carbons (Fsp3) is 0.500. The van der Waals surface area contributed by atoms with Gasteiger partial charge >= 0.3 is 0 Å². The fourth-order valence-electron chi connectivity index (χ4n) is 1.97. The Morgan fingerprint density at radius 3 is 2.47 bits per heavy atom. The van der Waals surface area contributed by atoms with Gasteiger partial charge in [-0.05, 0) is 31.4 Å². The van der Waals surface area contributed by atoms with Crippen LogP contribution in [0.15, 0.2) is 24.3 Å². The van der Waals surface area contributed by atoms with Crippen LogP contribution in [-0.4, -0.2) is 19.0 Å². The number of carbonyl (C=O) groups excluding carboxylic acids is 1. The molecular weight excluding hydrogens is 212 g/mol. The average Bonchev–Trinajstić information content (AvgIpc) is 2.27. The molecule has 0 heterocycles. The zero-order valence-electron chi connectivity index (χ0n) is 11.1. The van der Waals surface area contributed by atoms with Gasteiger partial charge in [-0.1, -0.05) is 26.0 Å². The lowest BCUT2D eigenvalue weighted by Gasteiger charge is -2.17. The minimum absolute atomic E-state index is 0.0110. The number of carbonyl (C=O) groups is 1. The van der Waals surface area contributed by atoms with Gasteiger partial charge in [0.25, 0.3) is 5.91 Å². The van der Waals surface area contributed by atoms with Crippen molar-refractivity contribution in [1.82, 2.24) is 5.32 Å². The second kappa shape index (κ2) is 6.28. The van der Waals surface area contributed by atoms with Crippen molar-refractivity contribution in [3.63, 3.8) is 0 Å². The predicted octanol–water partition coefficient (Wildman–Crippen LogP) is 2.89. The van der Waals surface area contributed by atoms with Crippen molar-refractivity contribution in [2.75, 3.05) is 12.4 Å². The molecule has 0 aliphatic rings. The number of amides is 1. The van der Waals surface area contributed by atoms with Gasteiger partial charge in [0.05, 0.1) is 5.56 Å². The van der Waals surface area contributed by atoms with Crippen LogP contribution in [0.5, 0.6) is 0 Å². The van der Waals surface area contributed by atoms with Gasteiger partial charge in [0, 0.05) is 18.8 Å². The highest BCUT2D eigenvalue weighted by Crippen LogP contribution is 2.14. The van der Waals surface area contributed by atoms with E-state index in [1.807, 2.05) is 38.2 Å². The summed E-state index contributed by atoms with van der Waals surface area (Å²) in [7, 11) is 1.82. The minimum Gasteiger partial charge on any atom is -0.387 e. The van der Waals surface area contributed by atoms with Gasteiger partial charge in [-0.25, -0.2) is 0 Å². The second-order valence-electron chi connectivity index (χ2n) is 4.80. The molecule has 1 aromatic carbocycles. The Hall–Kier alpha value is -1.51. The number of benzene rings is 1. The summed E-state index contributed by atoms with van der Waals surface area (Å²) in [5.74, 6) is 0.577. The van der Waals surface area contributed by atoms with Gasteiger partial charge in [0.1, 0.15) is 0 Å². The summed E-state index contributed by atoms with van der Waals surface area (Å²) < 4.78 is 0. The molecule has 1 amide bonds. The Morgan fingerprint density at radius 2 is 1.88 bits per heavy atom. The molecule has 1 unspecified atom stereocenters. The molecule has 1 atom stereocenters. The third-order valence-corrected chi connectivity index (χ3v) is 2.64. The smallest absolute Gasteiger partial charge is 0.253 e. The normalized spacial score (nSPS) is 12.3. The number of rotatable bonds is 5. The molecule has 0 saturated heterocycles. The van der Waals surface area contributed by atoms with E-state index < -0.39 is 0 Å². The summed E-state index contributed by atoms with van der Waals surface area (Å²) in [5.41, 5.74) is 1.56. The van der Waals surface area contributed by atoms with Crippen molar-refractivity contribution in [1.29, 1.82) is 0 Å². The number of hydrogen-bond acceptors (Lipinski definition) is 2. The van der Waals surface area contributed by atoms with E-state index in [1.165, 1.54) is 0 Å². The molecule has 0 saturated carbocycles. The van der Waals surface area contributed by atoms with Gasteiger partial charge in [0.2, 0.25) is 0 Å². The van der Waals surface area contributed by atoms with E-state index in [2.05, 4.69) is 24.5 Å². The highest BCUT2D eigenvalue weighted by molar-refractivity contribution is 5.99. The van der Waals surface area contributed by atoms with Crippen LogP contribution in [0.4, 0.5) is 5.69 Å². The van der Waals surface area contributed by atoms with E-state index in [0.717, 1.165) is 12.1 Å². The largest absolute Gasteiger partial charge is 0.387 e. The standard InChI is InChI=1S/C14H22N2O/c1-10(2)9-11(3)16-14(17)12-7-5-6-8-13(12)15-4/h5-8,10-11,15H,9H2,1-4H3,(H,16,17). The zero-order valence-corrected chi connectivity index (χ0v) is 11.1. The van der Waals surface area contributed by atoms with Crippen LogP contribution in [0.25, 0.3) is 0 Å². The zero-order chi connectivity index (χ0) is 12.8. The van der Waals surface area contributed by atoms with E-state index in [4.69, 9.17) is 0 Å². The van der Waals surface area contributed by atoms with Crippen molar-refractivity contribution >= 4 is 11.6 Å². The second-order valence-corrected chi connectivity index (χ2v) is 4.80. The number of nitrogens with one attached hydrogen (secondary N) is 2. The molecule has 0 spiro atoms. The quantitative estimate of drug-likeness (QED) is 0.822. The lowest BCUT2D eigenvalue weighted by atomic mass is 10.0. The molecule has 2 N–H and O–H groups in total. The molecule has 0 radical (unpaired) electrons. The molecule has 0 aliphatic carbocycles. The van der Waals surface area contributed by atoms with E-state index >= 15 is 0 Å². The lowest BCUT2D eigenvalue weighted by Crippen LogP contribution is -2.33. The van der Waals surface area contributed by atoms with Gasteiger partial charge in [-0.3, -0.25) is 4.79 Å². The third kappa shape index (κ3) is 4.10.